The van der Waals surface area contributed by atoms with Crippen LogP contribution < -0.4 is 4.89 Å². The maximum atomic E-state index is 11.9. The first kappa shape index (κ1) is 18.1. The van der Waals surface area contributed by atoms with Crippen LogP contribution in [0.1, 0.15) is 19.8 Å². The molecule has 11 heteroatoms. The van der Waals surface area contributed by atoms with Crippen molar-refractivity contribution in [3.63, 3.8) is 0 Å². The summed E-state index contributed by atoms with van der Waals surface area (Å²) in [6, 6.07) is 0. The zero-order valence-corrected chi connectivity index (χ0v) is 12.2. The number of esters is 1. The van der Waals surface area contributed by atoms with Gasteiger partial charge in [-0.2, -0.15) is 25.9 Å². The number of hydrogen-bond donors (Lipinski definition) is 1. The average Bonchev–Trinajstić information content (AvgIpc) is 2.37. The molecule has 1 unspecified atom stereocenters. The molecule has 1 aliphatic heterocycles. The van der Waals surface area contributed by atoms with E-state index in [0.29, 0.717) is 12.8 Å². The quantitative estimate of drug-likeness (QED) is 0.568. The first-order chi connectivity index (χ1) is 9.65. The molecule has 7 nitrogen and oxygen atoms in total. The van der Waals surface area contributed by atoms with Gasteiger partial charge in [-0.1, -0.05) is 4.89 Å². The maximum absolute atomic E-state index is 11.9. The van der Waals surface area contributed by atoms with Crippen molar-refractivity contribution in [2.75, 3.05) is 26.3 Å². The molecule has 124 valence electrons. The second-order valence-corrected chi connectivity index (χ2v) is 6.07. The van der Waals surface area contributed by atoms with Crippen molar-refractivity contribution in [3.05, 3.63) is 0 Å². The summed E-state index contributed by atoms with van der Waals surface area (Å²) in [5.74, 6) is -1.15. The highest BCUT2D eigenvalue weighted by Gasteiger charge is 2.34. The second-order valence-electron chi connectivity index (χ2n) is 4.44. The van der Waals surface area contributed by atoms with E-state index in [1.54, 1.807) is 6.92 Å². The predicted molar refractivity (Wildman–Crippen MR) is 65.0 cm³/mol. The second kappa shape index (κ2) is 7.38. The van der Waals surface area contributed by atoms with E-state index in [9.17, 15) is 26.4 Å². The lowest BCUT2D eigenvalue weighted by atomic mass is 10.0. The molecule has 1 rings (SSSR count). The minimum atomic E-state index is -4.64. The van der Waals surface area contributed by atoms with Crippen molar-refractivity contribution in [2.45, 2.75) is 25.9 Å². The van der Waals surface area contributed by atoms with Crippen LogP contribution in [0, 0.1) is 5.92 Å². The first-order valence-corrected chi connectivity index (χ1v) is 7.72. The van der Waals surface area contributed by atoms with Crippen LogP contribution in [0.3, 0.4) is 0 Å². The van der Waals surface area contributed by atoms with Crippen LogP contribution in [0.2, 0.25) is 0 Å². The van der Waals surface area contributed by atoms with Crippen LogP contribution in [-0.2, 0) is 24.6 Å². The van der Waals surface area contributed by atoms with Gasteiger partial charge in [-0.05, 0) is 19.8 Å². The van der Waals surface area contributed by atoms with Crippen molar-refractivity contribution in [3.8, 4) is 0 Å². The van der Waals surface area contributed by atoms with E-state index in [2.05, 4.69) is 4.84 Å². The van der Waals surface area contributed by atoms with Gasteiger partial charge in [-0.25, -0.2) is 0 Å². The van der Waals surface area contributed by atoms with Crippen molar-refractivity contribution in [1.82, 2.24) is 9.19 Å². The van der Waals surface area contributed by atoms with Crippen LogP contribution in [-0.4, -0.2) is 51.2 Å². The highest BCUT2D eigenvalue weighted by Crippen LogP contribution is 2.20. The van der Waals surface area contributed by atoms with Gasteiger partial charge in [0, 0.05) is 13.1 Å². The fourth-order valence-corrected chi connectivity index (χ4v) is 2.91. The molecule has 0 aromatic rings. The Morgan fingerprint density at radius 1 is 1.43 bits per heavy atom. The molecule has 1 fully saturated rings. The van der Waals surface area contributed by atoms with Crippen molar-refractivity contribution < 1.29 is 36.0 Å². The highest BCUT2D eigenvalue weighted by atomic mass is 32.2. The third-order valence-corrected chi connectivity index (χ3v) is 4.08. The standard InChI is InChI=1S/C10H17F3N2O5S/c1-2-19-9(16)8-4-3-5-15(6-8)21(17,18)14-20-7-10(11,12)13/h8,14H,2-7H2,1H3. The number of halogens is 3. The lowest BCUT2D eigenvalue weighted by molar-refractivity contribution is -0.181. The van der Waals surface area contributed by atoms with E-state index in [1.165, 1.54) is 4.89 Å². The summed E-state index contributed by atoms with van der Waals surface area (Å²) < 4.78 is 64.9. The van der Waals surface area contributed by atoms with Gasteiger partial charge >= 0.3 is 22.4 Å². The van der Waals surface area contributed by atoms with Crippen LogP contribution in [0.25, 0.3) is 0 Å². The van der Waals surface area contributed by atoms with Crippen LogP contribution in [0.4, 0.5) is 13.2 Å². The van der Waals surface area contributed by atoms with E-state index in [0.717, 1.165) is 4.31 Å². The van der Waals surface area contributed by atoms with Gasteiger partial charge < -0.3 is 4.74 Å². The fourth-order valence-electron chi connectivity index (χ4n) is 1.85. The smallest absolute Gasteiger partial charge is 0.413 e. The Balaban J connectivity index is 2.56. The maximum Gasteiger partial charge on any atom is 0.413 e. The Bertz CT molecular complexity index is 454. The summed E-state index contributed by atoms with van der Waals surface area (Å²) in [6.45, 7) is 0.0162. The minimum absolute atomic E-state index is 0.0978. The lowest BCUT2D eigenvalue weighted by Crippen LogP contribution is -2.48. The Kier molecular flexibility index (Phi) is 6.38. The van der Waals surface area contributed by atoms with Gasteiger partial charge in [0.05, 0.1) is 12.5 Å². The van der Waals surface area contributed by atoms with Crippen LogP contribution in [0.15, 0.2) is 0 Å². The molecule has 0 bridgehead atoms. The Labute approximate surface area is 120 Å². The van der Waals surface area contributed by atoms with E-state index in [1.807, 2.05) is 0 Å². The van der Waals surface area contributed by atoms with E-state index in [4.69, 9.17) is 4.74 Å². The third-order valence-electron chi connectivity index (χ3n) is 2.74. The minimum Gasteiger partial charge on any atom is -0.466 e. The molecule has 0 amide bonds. The molecule has 1 saturated heterocycles. The summed E-state index contributed by atoms with van der Waals surface area (Å²) in [6.07, 6.45) is -3.77. The van der Waals surface area contributed by atoms with Gasteiger partial charge in [0.25, 0.3) is 0 Å². The number of alkyl halides is 3. The molecule has 21 heavy (non-hydrogen) atoms. The number of carbonyl (C=O) groups is 1. The molecule has 1 N–H and O–H groups in total. The molecule has 0 saturated carbocycles. The topological polar surface area (TPSA) is 84.9 Å². The number of nitrogens with zero attached hydrogens (tertiary/aromatic N) is 1. The third kappa shape index (κ3) is 6.16. The Hall–Kier alpha value is -0.910. The van der Waals surface area contributed by atoms with Crippen molar-refractivity contribution >= 4 is 16.2 Å². The lowest BCUT2D eigenvalue weighted by Gasteiger charge is -2.30. The van der Waals surface area contributed by atoms with Crippen molar-refractivity contribution in [1.29, 1.82) is 0 Å². The summed E-state index contributed by atoms with van der Waals surface area (Å²) in [5.41, 5.74) is 0. The van der Waals surface area contributed by atoms with Gasteiger partial charge in [0.2, 0.25) is 0 Å². The monoisotopic (exact) mass is 334 g/mol. The molecular weight excluding hydrogens is 317 g/mol. The highest BCUT2D eigenvalue weighted by molar-refractivity contribution is 7.87. The number of ether oxygens (including phenoxy) is 1. The fraction of sp³-hybridized carbons (Fsp3) is 0.900. The summed E-state index contributed by atoms with van der Waals surface area (Å²) in [5, 5.41) is 0. The first-order valence-electron chi connectivity index (χ1n) is 6.27. The molecule has 1 aliphatic rings. The number of carbonyl (C=O) groups excluding carboxylic acids is 1. The van der Waals surface area contributed by atoms with E-state index < -0.39 is 34.9 Å². The molecule has 0 radical (unpaired) electrons. The summed E-state index contributed by atoms with van der Waals surface area (Å²) in [7, 11) is -4.23. The molecule has 1 heterocycles. The zero-order valence-electron chi connectivity index (χ0n) is 11.4. The van der Waals surface area contributed by atoms with Crippen LogP contribution in [0.5, 0.6) is 0 Å². The molecule has 0 aromatic heterocycles. The Morgan fingerprint density at radius 2 is 2.10 bits per heavy atom. The summed E-state index contributed by atoms with van der Waals surface area (Å²) in [4.78, 5) is 16.9. The van der Waals surface area contributed by atoms with E-state index in [-0.39, 0.29) is 19.7 Å². The molecular formula is C10H17F3N2O5S. The van der Waals surface area contributed by atoms with Crippen LogP contribution >= 0.6 is 0 Å². The van der Waals surface area contributed by atoms with Crippen molar-refractivity contribution in [2.24, 2.45) is 5.92 Å². The van der Waals surface area contributed by atoms with Gasteiger partial charge in [0.15, 0.2) is 6.61 Å². The Morgan fingerprint density at radius 3 is 2.67 bits per heavy atom. The largest absolute Gasteiger partial charge is 0.466 e. The number of rotatable bonds is 6. The van der Waals surface area contributed by atoms with E-state index >= 15 is 0 Å². The molecule has 0 spiro atoms. The summed E-state index contributed by atoms with van der Waals surface area (Å²) >= 11 is 0. The predicted octanol–water partition coefficient (Wildman–Crippen LogP) is 0.590. The zero-order chi connectivity index (χ0) is 16.1. The average molecular weight is 334 g/mol. The van der Waals surface area contributed by atoms with Gasteiger partial charge in [-0.3, -0.25) is 9.63 Å². The van der Waals surface area contributed by atoms with Gasteiger partial charge in [0.1, 0.15) is 0 Å². The normalized spacial score (nSPS) is 21.2. The number of nitrogens with one attached hydrogen (secondary N) is 1. The number of piperidine rings is 1. The number of hydrogen-bond acceptors (Lipinski definition) is 5. The van der Waals surface area contributed by atoms with Gasteiger partial charge in [-0.15, -0.1) is 0 Å². The molecule has 0 aliphatic carbocycles. The SMILES string of the molecule is CCOC(=O)C1CCCN(S(=O)(=O)NOCC(F)(F)F)C1. The molecule has 0 aromatic carbocycles. The molecule has 1 atom stereocenters.